The number of imidazole rings is 1. The van der Waals surface area contributed by atoms with Crippen molar-refractivity contribution < 1.29 is 17.5 Å². The summed E-state index contributed by atoms with van der Waals surface area (Å²) < 4.78 is 51.5. The highest BCUT2D eigenvalue weighted by Crippen LogP contribution is 2.43. The molecule has 0 aliphatic heterocycles. The lowest BCUT2D eigenvalue weighted by atomic mass is 10.1. The smallest absolute Gasteiger partial charge is 0.298 e. The SMILES string of the molecule is CNS(=O)(=O)Nc1cccc(Oc2c(-c3ncc(C)[nH]3)c(Nc3ccc(I)cc3F)n(C)c(=O)c2C)c1Cl. The Hall–Kier alpha value is -3.14. The Labute approximate surface area is 236 Å². The standard InChI is InChI=1S/C24H23ClFIN6O4S/c1-12-11-29-22(30-12)19-21(37-18-7-5-6-17(20(18)25)32-38(35,36)28-3)13(2)24(34)33(4)23(19)31-16-9-8-14(27)10-15(16)26/h5-11,28,31-32H,1-4H3,(H,29,30). The van der Waals surface area contributed by atoms with Gasteiger partial charge in [0.15, 0.2) is 5.75 Å². The van der Waals surface area contributed by atoms with Crippen LogP contribution in [0.1, 0.15) is 11.3 Å². The highest BCUT2D eigenvalue weighted by molar-refractivity contribution is 14.1. The molecule has 0 saturated heterocycles. The highest BCUT2D eigenvalue weighted by Gasteiger charge is 2.25. The maximum Gasteiger partial charge on any atom is 0.298 e. The third kappa shape index (κ3) is 5.65. The Bertz CT molecular complexity index is 1710. The Morgan fingerprint density at radius 3 is 2.55 bits per heavy atom. The van der Waals surface area contributed by atoms with Crippen molar-refractivity contribution in [2.75, 3.05) is 17.1 Å². The van der Waals surface area contributed by atoms with Gasteiger partial charge in [-0.15, -0.1) is 0 Å². The van der Waals surface area contributed by atoms with Gasteiger partial charge >= 0.3 is 0 Å². The molecule has 0 saturated carbocycles. The van der Waals surface area contributed by atoms with Gasteiger partial charge in [-0.2, -0.15) is 8.42 Å². The van der Waals surface area contributed by atoms with Crippen molar-refractivity contribution >= 4 is 61.6 Å². The maximum absolute atomic E-state index is 14.8. The molecule has 0 unspecified atom stereocenters. The molecule has 10 nitrogen and oxygen atoms in total. The first kappa shape index (κ1) is 27.9. The number of hydrogen-bond acceptors (Lipinski definition) is 6. The van der Waals surface area contributed by atoms with Crippen molar-refractivity contribution in [3.05, 3.63) is 78.6 Å². The van der Waals surface area contributed by atoms with E-state index in [9.17, 15) is 17.6 Å². The number of halogens is 3. The predicted molar refractivity (Wildman–Crippen MR) is 154 cm³/mol. The summed E-state index contributed by atoms with van der Waals surface area (Å²) in [6.45, 7) is 3.39. The largest absolute Gasteiger partial charge is 0.454 e. The number of nitrogens with zero attached hydrogens (tertiary/aromatic N) is 2. The Balaban J connectivity index is 1.93. The molecule has 2 heterocycles. The molecule has 0 radical (unpaired) electrons. The van der Waals surface area contributed by atoms with Crippen molar-refractivity contribution in [3.63, 3.8) is 0 Å². The molecule has 0 fully saturated rings. The number of ether oxygens (including phenoxy) is 1. The molecular weight excluding hydrogens is 650 g/mol. The molecule has 4 rings (SSSR count). The van der Waals surface area contributed by atoms with Crippen molar-refractivity contribution in [2.45, 2.75) is 13.8 Å². The molecule has 2 aromatic heterocycles. The second-order valence-electron chi connectivity index (χ2n) is 8.24. The second kappa shape index (κ2) is 10.9. The zero-order valence-electron chi connectivity index (χ0n) is 20.6. The lowest BCUT2D eigenvalue weighted by Crippen LogP contribution is -2.26. The minimum Gasteiger partial charge on any atom is -0.454 e. The molecule has 200 valence electrons. The molecule has 14 heteroatoms. The van der Waals surface area contributed by atoms with Gasteiger partial charge in [-0.1, -0.05) is 17.7 Å². The molecule has 0 aliphatic carbocycles. The predicted octanol–water partition coefficient (Wildman–Crippen LogP) is 5.20. The quantitative estimate of drug-likeness (QED) is 0.191. The Morgan fingerprint density at radius 1 is 1.18 bits per heavy atom. The van der Waals surface area contributed by atoms with Gasteiger partial charge in [0, 0.05) is 29.6 Å². The number of nitrogens with one attached hydrogen (secondary N) is 4. The van der Waals surface area contributed by atoms with Gasteiger partial charge in [-0.25, -0.2) is 14.1 Å². The number of rotatable bonds is 8. The summed E-state index contributed by atoms with van der Waals surface area (Å²) in [6, 6.07) is 9.18. The van der Waals surface area contributed by atoms with E-state index in [0.29, 0.717) is 15.0 Å². The van der Waals surface area contributed by atoms with Crippen LogP contribution >= 0.6 is 34.2 Å². The number of aromatic amines is 1. The molecule has 4 N–H and O–H groups in total. The van der Waals surface area contributed by atoms with E-state index >= 15 is 0 Å². The van der Waals surface area contributed by atoms with E-state index < -0.39 is 21.6 Å². The van der Waals surface area contributed by atoms with Crippen LogP contribution in [0.3, 0.4) is 0 Å². The molecule has 38 heavy (non-hydrogen) atoms. The molecule has 4 aromatic rings. The van der Waals surface area contributed by atoms with Gasteiger partial charge in [0.1, 0.15) is 33.8 Å². The van der Waals surface area contributed by atoms with Crippen LogP contribution in [-0.2, 0) is 17.3 Å². The molecule has 2 aromatic carbocycles. The van der Waals surface area contributed by atoms with E-state index in [0.717, 1.165) is 5.69 Å². The van der Waals surface area contributed by atoms with Gasteiger partial charge in [0.05, 0.1) is 16.9 Å². The van der Waals surface area contributed by atoms with Gasteiger partial charge in [-0.05, 0) is 66.8 Å². The molecule has 0 bridgehead atoms. The van der Waals surface area contributed by atoms with E-state index in [1.807, 2.05) is 29.5 Å². The summed E-state index contributed by atoms with van der Waals surface area (Å²) in [5.74, 6) is 0.240. The second-order valence-corrected chi connectivity index (χ2v) is 11.5. The molecule has 0 aliphatic rings. The van der Waals surface area contributed by atoms with Crippen molar-refractivity contribution in [2.24, 2.45) is 7.05 Å². The minimum atomic E-state index is -3.86. The van der Waals surface area contributed by atoms with Crippen LogP contribution in [0.4, 0.5) is 21.6 Å². The van der Waals surface area contributed by atoms with Crippen LogP contribution in [0.2, 0.25) is 5.02 Å². The molecule has 0 amide bonds. The zero-order valence-corrected chi connectivity index (χ0v) is 24.3. The van der Waals surface area contributed by atoms with Crippen molar-refractivity contribution in [1.82, 2.24) is 19.3 Å². The fraction of sp³-hybridized carbons (Fsp3) is 0.167. The number of benzene rings is 2. The maximum atomic E-state index is 14.8. The third-order valence-electron chi connectivity index (χ3n) is 5.58. The van der Waals surface area contributed by atoms with Gasteiger partial charge in [-0.3, -0.25) is 14.1 Å². The zero-order chi connectivity index (χ0) is 27.8. The van der Waals surface area contributed by atoms with Crippen LogP contribution in [-0.4, -0.2) is 30.0 Å². The number of aryl methyl sites for hydroxylation is 1. The molecule has 0 atom stereocenters. The number of hydrogen-bond donors (Lipinski definition) is 4. The van der Waals surface area contributed by atoms with Gasteiger partial charge < -0.3 is 15.0 Å². The van der Waals surface area contributed by atoms with Crippen LogP contribution in [0.15, 0.2) is 47.4 Å². The number of anilines is 3. The summed E-state index contributed by atoms with van der Waals surface area (Å²) in [6.07, 6.45) is 1.61. The van der Waals surface area contributed by atoms with E-state index in [1.165, 1.54) is 29.8 Å². The molecule has 0 spiro atoms. The normalized spacial score (nSPS) is 11.4. The van der Waals surface area contributed by atoms with Crippen molar-refractivity contribution in [3.8, 4) is 22.9 Å². The summed E-state index contributed by atoms with van der Waals surface area (Å²) in [5, 5.41) is 2.98. The van der Waals surface area contributed by atoms with E-state index in [-0.39, 0.29) is 39.3 Å². The average Bonchev–Trinajstić information content (AvgIpc) is 3.30. The van der Waals surface area contributed by atoms with E-state index in [1.54, 1.807) is 38.4 Å². The highest BCUT2D eigenvalue weighted by atomic mass is 127. The van der Waals surface area contributed by atoms with Gasteiger partial charge in [0.25, 0.3) is 15.8 Å². The average molecular weight is 673 g/mol. The summed E-state index contributed by atoms with van der Waals surface area (Å²) in [5.41, 5.74) is 1.10. The monoisotopic (exact) mass is 672 g/mol. The Kier molecular flexibility index (Phi) is 8.01. The first-order chi connectivity index (χ1) is 17.9. The van der Waals surface area contributed by atoms with Crippen molar-refractivity contribution in [1.29, 1.82) is 0 Å². The van der Waals surface area contributed by atoms with Crippen LogP contribution in [0.5, 0.6) is 11.5 Å². The summed E-state index contributed by atoms with van der Waals surface area (Å²) in [7, 11) is -1.06. The summed E-state index contributed by atoms with van der Waals surface area (Å²) in [4.78, 5) is 20.8. The van der Waals surface area contributed by atoms with Crippen LogP contribution in [0, 0.1) is 23.2 Å². The fourth-order valence-electron chi connectivity index (χ4n) is 3.64. The van der Waals surface area contributed by atoms with Crippen LogP contribution < -0.4 is 25.1 Å². The van der Waals surface area contributed by atoms with E-state index in [2.05, 4.69) is 24.7 Å². The number of aromatic nitrogens is 3. The minimum absolute atomic E-state index is 0.0360. The number of pyridine rings is 1. The lowest BCUT2D eigenvalue weighted by molar-refractivity contribution is 0.478. The Morgan fingerprint density at radius 2 is 1.92 bits per heavy atom. The third-order valence-corrected chi connectivity index (χ3v) is 7.66. The number of H-pyrrole nitrogens is 1. The topological polar surface area (TPSA) is 130 Å². The molecular formula is C24H23ClFIN6O4S. The first-order valence-corrected chi connectivity index (χ1v) is 14.0. The summed E-state index contributed by atoms with van der Waals surface area (Å²) >= 11 is 8.51. The lowest BCUT2D eigenvalue weighted by Gasteiger charge is -2.21. The van der Waals surface area contributed by atoms with Crippen LogP contribution in [0.25, 0.3) is 11.4 Å². The van der Waals surface area contributed by atoms with E-state index in [4.69, 9.17) is 16.3 Å². The first-order valence-electron chi connectivity index (χ1n) is 11.1. The van der Waals surface area contributed by atoms with Gasteiger partial charge in [0.2, 0.25) is 0 Å². The fourth-order valence-corrected chi connectivity index (χ4v) is 4.92.